The van der Waals surface area contributed by atoms with Gasteiger partial charge in [0.05, 0.1) is 5.39 Å². The van der Waals surface area contributed by atoms with Gasteiger partial charge in [-0.3, -0.25) is 19.0 Å². The van der Waals surface area contributed by atoms with Crippen LogP contribution in [0, 0.1) is 0 Å². The van der Waals surface area contributed by atoms with Crippen LogP contribution >= 0.6 is 11.3 Å². The number of aliphatic hydroxyl groups is 1. The third-order valence-electron chi connectivity index (χ3n) is 3.37. The molecule has 0 bridgehead atoms. The molecule has 2 N–H and O–H groups in total. The minimum atomic E-state index is -0.909. The van der Waals surface area contributed by atoms with Crippen LogP contribution in [0.4, 0.5) is 0 Å². The summed E-state index contributed by atoms with van der Waals surface area (Å²) in [5.74, 6) is -0.495. The summed E-state index contributed by atoms with van der Waals surface area (Å²) < 4.78 is 1.60. The topological polar surface area (TPSA) is 88.4 Å². The summed E-state index contributed by atoms with van der Waals surface area (Å²) in [5, 5.41) is 12.1. The molecule has 1 aliphatic rings. The van der Waals surface area contributed by atoms with Gasteiger partial charge in [-0.2, -0.15) is 0 Å². The lowest BCUT2D eigenvalue weighted by Gasteiger charge is -2.26. The lowest BCUT2D eigenvalue weighted by atomic mass is 10.1. The molecule has 0 aliphatic carbocycles. The van der Waals surface area contributed by atoms with E-state index in [1.165, 1.54) is 0 Å². The molecule has 1 amide bonds. The number of aliphatic hydroxyl groups excluding tert-OH is 1. The van der Waals surface area contributed by atoms with Gasteiger partial charge >= 0.3 is 4.87 Å². The number of carbonyl (C=O) groups is 1. The molecule has 1 aliphatic heterocycles. The van der Waals surface area contributed by atoms with Crippen molar-refractivity contribution in [1.29, 1.82) is 0 Å². The van der Waals surface area contributed by atoms with E-state index in [0.29, 0.717) is 16.5 Å². The lowest BCUT2D eigenvalue weighted by Crippen LogP contribution is -2.49. The van der Waals surface area contributed by atoms with Crippen LogP contribution in [0.5, 0.6) is 0 Å². The van der Waals surface area contributed by atoms with E-state index in [2.05, 4.69) is 5.32 Å². The standard InChI is InChI=1S/C13H12N2O4S/c16-10-6-5-8(11(17)14-10)15-12(18)7-3-1-2-4-9(7)20-13(15)19/h1-4,8,10,16H,5-6H2,(H,14,17). The summed E-state index contributed by atoms with van der Waals surface area (Å²) in [6.45, 7) is 0. The Bertz CT molecular complexity index is 795. The summed E-state index contributed by atoms with van der Waals surface area (Å²) in [7, 11) is 0. The fraction of sp³-hybridized carbons (Fsp3) is 0.308. The third-order valence-corrected chi connectivity index (χ3v) is 4.31. The van der Waals surface area contributed by atoms with Crippen LogP contribution in [0.3, 0.4) is 0 Å². The van der Waals surface area contributed by atoms with Gasteiger partial charge in [-0.15, -0.1) is 0 Å². The predicted octanol–water partition coefficient (Wildman–Crippen LogP) is 0.193. The predicted molar refractivity (Wildman–Crippen MR) is 74.8 cm³/mol. The molecule has 104 valence electrons. The summed E-state index contributed by atoms with van der Waals surface area (Å²) in [4.78, 5) is 35.9. The van der Waals surface area contributed by atoms with Gasteiger partial charge in [0.1, 0.15) is 12.3 Å². The van der Waals surface area contributed by atoms with Crippen molar-refractivity contribution in [3.63, 3.8) is 0 Å². The minimum Gasteiger partial charge on any atom is -0.374 e. The first kappa shape index (κ1) is 13.0. The highest BCUT2D eigenvalue weighted by molar-refractivity contribution is 7.16. The number of nitrogens with one attached hydrogen (secondary N) is 1. The number of benzene rings is 1. The molecule has 0 radical (unpaired) electrons. The average Bonchev–Trinajstić information content (AvgIpc) is 2.41. The van der Waals surface area contributed by atoms with Gasteiger partial charge in [-0.05, 0) is 25.0 Å². The fourth-order valence-corrected chi connectivity index (χ4v) is 3.29. The van der Waals surface area contributed by atoms with E-state index in [0.717, 1.165) is 15.9 Å². The van der Waals surface area contributed by atoms with Gasteiger partial charge in [-0.25, -0.2) is 0 Å². The molecule has 20 heavy (non-hydrogen) atoms. The number of piperidine rings is 1. The summed E-state index contributed by atoms with van der Waals surface area (Å²) in [6.07, 6.45) is -0.318. The largest absolute Gasteiger partial charge is 0.374 e. The Morgan fingerprint density at radius 2 is 1.95 bits per heavy atom. The maximum absolute atomic E-state index is 12.4. The van der Waals surface area contributed by atoms with Gasteiger partial charge < -0.3 is 10.4 Å². The van der Waals surface area contributed by atoms with E-state index in [-0.39, 0.29) is 6.42 Å². The van der Waals surface area contributed by atoms with Crippen molar-refractivity contribution in [2.75, 3.05) is 0 Å². The van der Waals surface area contributed by atoms with Crippen molar-refractivity contribution < 1.29 is 9.90 Å². The number of amides is 1. The van der Waals surface area contributed by atoms with Crippen molar-refractivity contribution in [3.05, 3.63) is 44.3 Å². The van der Waals surface area contributed by atoms with Crippen LogP contribution in [-0.2, 0) is 4.79 Å². The zero-order valence-electron chi connectivity index (χ0n) is 10.4. The van der Waals surface area contributed by atoms with Crippen LogP contribution in [0.2, 0.25) is 0 Å². The van der Waals surface area contributed by atoms with Crippen LogP contribution in [0.15, 0.2) is 33.9 Å². The second-order valence-corrected chi connectivity index (χ2v) is 5.65. The van der Waals surface area contributed by atoms with E-state index in [1.54, 1.807) is 24.3 Å². The molecule has 1 saturated heterocycles. The molecule has 1 fully saturated rings. The molecular weight excluding hydrogens is 280 g/mol. The quantitative estimate of drug-likeness (QED) is 0.785. The second-order valence-electron chi connectivity index (χ2n) is 4.66. The van der Waals surface area contributed by atoms with Crippen molar-refractivity contribution in [2.24, 2.45) is 0 Å². The smallest absolute Gasteiger partial charge is 0.311 e. The van der Waals surface area contributed by atoms with Crippen LogP contribution in [0.1, 0.15) is 18.9 Å². The number of rotatable bonds is 1. The highest BCUT2D eigenvalue weighted by Crippen LogP contribution is 2.19. The first-order valence-corrected chi connectivity index (χ1v) is 7.02. The van der Waals surface area contributed by atoms with E-state index in [9.17, 15) is 19.5 Å². The number of nitrogens with zero attached hydrogens (tertiary/aromatic N) is 1. The second kappa shape index (κ2) is 4.84. The lowest BCUT2D eigenvalue weighted by molar-refractivity contribution is -0.130. The van der Waals surface area contributed by atoms with E-state index in [4.69, 9.17) is 0 Å². The first-order chi connectivity index (χ1) is 9.58. The number of carbonyl (C=O) groups excluding carboxylic acids is 1. The highest BCUT2D eigenvalue weighted by atomic mass is 32.1. The maximum atomic E-state index is 12.4. The minimum absolute atomic E-state index is 0.271. The van der Waals surface area contributed by atoms with Gasteiger partial charge in [0.15, 0.2) is 0 Å². The first-order valence-electron chi connectivity index (χ1n) is 6.21. The number of hydrogen-bond acceptors (Lipinski definition) is 5. The average molecular weight is 292 g/mol. The van der Waals surface area contributed by atoms with Crippen LogP contribution < -0.4 is 15.7 Å². The Hall–Kier alpha value is -1.99. The molecule has 2 atom stereocenters. The molecule has 7 heteroatoms. The Morgan fingerprint density at radius 1 is 1.20 bits per heavy atom. The normalized spacial score (nSPS) is 22.8. The Morgan fingerprint density at radius 3 is 2.70 bits per heavy atom. The molecule has 2 aromatic rings. The number of fused-ring (bicyclic) bond motifs is 1. The van der Waals surface area contributed by atoms with Crippen molar-refractivity contribution in [3.8, 4) is 0 Å². The Labute approximate surface area is 117 Å². The number of aromatic nitrogens is 1. The highest BCUT2D eigenvalue weighted by Gasteiger charge is 2.30. The van der Waals surface area contributed by atoms with E-state index >= 15 is 0 Å². The summed E-state index contributed by atoms with van der Waals surface area (Å²) in [5.41, 5.74) is -0.458. The SMILES string of the molecule is O=C1NC(O)CCC1n1c(=O)sc2ccccc2c1=O. The maximum Gasteiger partial charge on any atom is 0.311 e. The van der Waals surface area contributed by atoms with Gasteiger partial charge in [0.25, 0.3) is 5.56 Å². The molecule has 0 spiro atoms. The third kappa shape index (κ3) is 2.04. The summed E-state index contributed by atoms with van der Waals surface area (Å²) >= 11 is 0.944. The van der Waals surface area contributed by atoms with Crippen molar-refractivity contribution in [1.82, 2.24) is 9.88 Å². The van der Waals surface area contributed by atoms with Crippen LogP contribution in [0.25, 0.3) is 10.1 Å². The van der Waals surface area contributed by atoms with Crippen molar-refractivity contribution in [2.45, 2.75) is 25.1 Å². The molecule has 3 rings (SSSR count). The van der Waals surface area contributed by atoms with Gasteiger partial charge in [-0.1, -0.05) is 23.5 Å². The molecule has 2 heterocycles. The van der Waals surface area contributed by atoms with Gasteiger partial charge in [0.2, 0.25) is 5.91 Å². The Kier molecular flexibility index (Phi) is 3.15. The van der Waals surface area contributed by atoms with E-state index in [1.807, 2.05) is 0 Å². The zero-order valence-corrected chi connectivity index (χ0v) is 11.2. The van der Waals surface area contributed by atoms with E-state index < -0.39 is 28.6 Å². The van der Waals surface area contributed by atoms with Crippen molar-refractivity contribution >= 4 is 27.3 Å². The zero-order chi connectivity index (χ0) is 14.3. The Balaban J connectivity index is 2.19. The number of hydrogen-bond donors (Lipinski definition) is 2. The molecule has 0 saturated carbocycles. The molecular formula is C13H12N2O4S. The summed E-state index contributed by atoms with van der Waals surface area (Å²) in [6, 6.07) is 5.97. The molecule has 1 aromatic carbocycles. The fourth-order valence-electron chi connectivity index (χ4n) is 2.38. The molecule has 1 aromatic heterocycles. The van der Waals surface area contributed by atoms with Gasteiger partial charge in [0, 0.05) is 4.70 Å². The molecule has 2 unspecified atom stereocenters. The monoisotopic (exact) mass is 292 g/mol. The molecule has 6 nitrogen and oxygen atoms in total. The van der Waals surface area contributed by atoms with Crippen LogP contribution in [-0.4, -0.2) is 21.8 Å².